The molecule has 0 aliphatic rings. The van der Waals surface area contributed by atoms with Gasteiger partial charge in [-0.2, -0.15) is 0 Å². The molecular weight excluding hydrogens is 289 g/mol. The minimum atomic E-state index is -4.18. The maximum absolute atomic E-state index is 13.5. The average Bonchev–Trinajstić information content (AvgIpc) is 2.35. The Kier molecular flexibility index (Phi) is 5.15. The normalized spacial score (nSPS) is 13.4. The zero-order valence-electron chi connectivity index (χ0n) is 11.0. The van der Waals surface area contributed by atoms with Crippen LogP contribution in [0.15, 0.2) is 23.1 Å². The van der Waals surface area contributed by atoms with Crippen molar-refractivity contribution in [3.05, 3.63) is 34.1 Å². The first-order valence-corrected chi connectivity index (χ1v) is 7.32. The van der Waals surface area contributed by atoms with Crippen LogP contribution in [0.5, 0.6) is 0 Å². The maximum Gasteiger partial charge on any atom is 0.270 e. The van der Waals surface area contributed by atoms with Crippen LogP contribution in [0.3, 0.4) is 0 Å². The van der Waals surface area contributed by atoms with Crippen molar-refractivity contribution in [3.63, 3.8) is 0 Å². The summed E-state index contributed by atoms with van der Waals surface area (Å²) in [6.45, 7) is 3.54. The summed E-state index contributed by atoms with van der Waals surface area (Å²) in [5, 5.41) is 10.6. The van der Waals surface area contributed by atoms with Gasteiger partial charge in [0.2, 0.25) is 10.0 Å². The molecule has 0 heterocycles. The molecule has 0 spiro atoms. The molecular formula is C11H16FN3O4S. The Hall–Kier alpha value is -1.58. The van der Waals surface area contributed by atoms with Crippen LogP contribution in [0.4, 0.5) is 10.1 Å². The van der Waals surface area contributed by atoms with Gasteiger partial charge in [0.1, 0.15) is 10.7 Å². The van der Waals surface area contributed by atoms with Crippen LogP contribution in [-0.4, -0.2) is 25.9 Å². The number of hydrogen-bond acceptors (Lipinski definition) is 5. The lowest BCUT2D eigenvalue weighted by atomic mass is 10.1. The highest BCUT2D eigenvalue weighted by atomic mass is 32.2. The number of non-ortho nitro benzene ring substituents is 1. The monoisotopic (exact) mass is 305 g/mol. The van der Waals surface area contributed by atoms with E-state index >= 15 is 0 Å². The molecule has 0 aliphatic heterocycles. The largest absolute Gasteiger partial charge is 0.326 e. The molecule has 1 atom stereocenters. The highest BCUT2D eigenvalue weighted by Gasteiger charge is 2.23. The second-order valence-corrected chi connectivity index (χ2v) is 6.37. The fraction of sp³-hybridized carbons (Fsp3) is 0.455. The van der Waals surface area contributed by atoms with E-state index in [1.54, 1.807) is 0 Å². The van der Waals surface area contributed by atoms with E-state index in [9.17, 15) is 22.9 Å². The summed E-state index contributed by atoms with van der Waals surface area (Å²) in [5.41, 5.74) is 5.19. The number of sulfonamides is 1. The van der Waals surface area contributed by atoms with Gasteiger partial charge in [-0.1, -0.05) is 13.8 Å². The molecule has 112 valence electrons. The van der Waals surface area contributed by atoms with Gasteiger partial charge in [-0.15, -0.1) is 0 Å². The summed E-state index contributed by atoms with van der Waals surface area (Å²) in [6.07, 6.45) is 0. The van der Waals surface area contributed by atoms with E-state index < -0.39 is 37.4 Å². The van der Waals surface area contributed by atoms with Gasteiger partial charge in [-0.25, -0.2) is 17.5 Å². The molecule has 1 aromatic rings. The summed E-state index contributed by atoms with van der Waals surface area (Å²) in [6, 6.07) is 1.88. The van der Waals surface area contributed by atoms with Crippen molar-refractivity contribution in [2.24, 2.45) is 11.7 Å². The molecule has 0 saturated heterocycles. The third-order valence-electron chi connectivity index (χ3n) is 2.78. The van der Waals surface area contributed by atoms with Gasteiger partial charge < -0.3 is 5.73 Å². The Bertz CT molecular complexity index is 604. The van der Waals surface area contributed by atoms with Crippen LogP contribution in [0.25, 0.3) is 0 Å². The topological polar surface area (TPSA) is 115 Å². The van der Waals surface area contributed by atoms with Crippen LogP contribution in [0.2, 0.25) is 0 Å². The molecule has 0 aliphatic carbocycles. The molecule has 7 nitrogen and oxygen atoms in total. The van der Waals surface area contributed by atoms with Crippen molar-refractivity contribution >= 4 is 15.7 Å². The third-order valence-corrected chi connectivity index (χ3v) is 4.22. The van der Waals surface area contributed by atoms with Gasteiger partial charge in [0.05, 0.1) is 4.92 Å². The average molecular weight is 305 g/mol. The Balaban J connectivity index is 3.03. The molecule has 1 rings (SSSR count). The number of nitrogens with zero attached hydrogens (tertiary/aromatic N) is 1. The summed E-state index contributed by atoms with van der Waals surface area (Å²) in [7, 11) is -4.18. The molecule has 3 N–H and O–H groups in total. The van der Waals surface area contributed by atoms with E-state index in [2.05, 4.69) is 4.72 Å². The van der Waals surface area contributed by atoms with E-state index in [4.69, 9.17) is 5.73 Å². The van der Waals surface area contributed by atoms with Crippen molar-refractivity contribution in [3.8, 4) is 0 Å². The maximum atomic E-state index is 13.5. The van der Waals surface area contributed by atoms with E-state index in [1.807, 2.05) is 13.8 Å². The van der Waals surface area contributed by atoms with Crippen LogP contribution < -0.4 is 10.5 Å². The molecule has 0 amide bonds. The van der Waals surface area contributed by atoms with Gasteiger partial charge in [-0.3, -0.25) is 10.1 Å². The van der Waals surface area contributed by atoms with Gasteiger partial charge in [0.25, 0.3) is 5.69 Å². The minimum absolute atomic E-state index is 0.0349. The molecule has 0 fully saturated rings. The quantitative estimate of drug-likeness (QED) is 0.601. The second-order valence-electron chi connectivity index (χ2n) is 4.63. The Morgan fingerprint density at radius 2 is 2.05 bits per heavy atom. The highest BCUT2D eigenvalue weighted by Crippen LogP contribution is 2.20. The number of halogens is 1. The lowest BCUT2D eigenvalue weighted by Crippen LogP contribution is -2.40. The first-order valence-electron chi connectivity index (χ1n) is 5.84. The Morgan fingerprint density at radius 3 is 2.55 bits per heavy atom. The molecule has 20 heavy (non-hydrogen) atoms. The fourth-order valence-corrected chi connectivity index (χ4v) is 2.50. The Morgan fingerprint density at radius 1 is 1.45 bits per heavy atom. The second kappa shape index (κ2) is 6.25. The smallest absolute Gasteiger partial charge is 0.270 e. The number of nitrogens with two attached hydrogens (primary N) is 1. The highest BCUT2D eigenvalue weighted by molar-refractivity contribution is 7.89. The third kappa shape index (κ3) is 3.95. The predicted octanol–water partition coefficient (Wildman–Crippen LogP) is 0.996. The molecule has 0 radical (unpaired) electrons. The SMILES string of the molecule is CC(C)C(N)CNS(=O)(=O)c1cc([N+](=O)[O-])ccc1F. The molecule has 0 bridgehead atoms. The summed E-state index contributed by atoms with van der Waals surface area (Å²) in [5.74, 6) is -1.02. The summed E-state index contributed by atoms with van der Waals surface area (Å²) >= 11 is 0. The van der Waals surface area contributed by atoms with E-state index in [1.165, 1.54) is 0 Å². The molecule has 0 saturated carbocycles. The number of rotatable bonds is 6. The Labute approximate surface area is 116 Å². The van der Waals surface area contributed by atoms with Crippen LogP contribution in [0, 0.1) is 21.8 Å². The van der Waals surface area contributed by atoms with Gasteiger partial charge in [-0.05, 0) is 12.0 Å². The molecule has 9 heteroatoms. The van der Waals surface area contributed by atoms with Crippen molar-refractivity contribution in [2.75, 3.05) is 6.54 Å². The van der Waals surface area contributed by atoms with Crippen molar-refractivity contribution in [2.45, 2.75) is 24.8 Å². The lowest BCUT2D eigenvalue weighted by molar-refractivity contribution is -0.385. The number of nitro benzene ring substituents is 1. The number of nitro groups is 1. The number of nitrogens with one attached hydrogen (secondary N) is 1. The van der Waals surface area contributed by atoms with Crippen molar-refractivity contribution in [1.82, 2.24) is 4.72 Å². The van der Waals surface area contributed by atoms with Crippen molar-refractivity contribution in [1.29, 1.82) is 0 Å². The van der Waals surface area contributed by atoms with Gasteiger partial charge in [0.15, 0.2) is 0 Å². The number of hydrogen-bond donors (Lipinski definition) is 2. The first kappa shape index (κ1) is 16.5. The van der Waals surface area contributed by atoms with E-state index in [0.717, 1.165) is 12.1 Å². The van der Waals surface area contributed by atoms with Gasteiger partial charge >= 0.3 is 0 Å². The summed E-state index contributed by atoms with van der Waals surface area (Å²) < 4.78 is 39.5. The zero-order chi connectivity index (χ0) is 15.5. The lowest BCUT2D eigenvalue weighted by Gasteiger charge is -2.16. The molecule has 1 aromatic carbocycles. The minimum Gasteiger partial charge on any atom is -0.326 e. The standard InChI is InChI=1S/C11H16FN3O4S/c1-7(2)10(13)6-14-20(18,19)11-5-8(15(16)17)3-4-9(11)12/h3-5,7,10,14H,6,13H2,1-2H3. The van der Waals surface area contributed by atoms with Crippen LogP contribution >= 0.6 is 0 Å². The van der Waals surface area contributed by atoms with Crippen molar-refractivity contribution < 1.29 is 17.7 Å². The van der Waals surface area contributed by atoms with Crippen LogP contribution in [0.1, 0.15) is 13.8 Å². The molecule has 1 unspecified atom stereocenters. The zero-order valence-corrected chi connectivity index (χ0v) is 11.9. The number of benzene rings is 1. The van der Waals surface area contributed by atoms with E-state index in [0.29, 0.717) is 6.07 Å². The summed E-state index contributed by atoms with van der Waals surface area (Å²) in [4.78, 5) is 9.04. The predicted molar refractivity (Wildman–Crippen MR) is 71.1 cm³/mol. The van der Waals surface area contributed by atoms with Gasteiger partial charge in [0, 0.05) is 24.7 Å². The first-order chi connectivity index (χ1) is 9.15. The molecule has 0 aromatic heterocycles. The fourth-order valence-electron chi connectivity index (χ4n) is 1.33. The van der Waals surface area contributed by atoms with E-state index in [-0.39, 0.29) is 12.5 Å². The van der Waals surface area contributed by atoms with Crippen LogP contribution in [-0.2, 0) is 10.0 Å².